The molecule has 37 heavy (non-hydrogen) atoms. The number of nitrogens with two attached hydrogens (primary N) is 1. The van der Waals surface area contributed by atoms with E-state index in [1.54, 1.807) is 12.1 Å². The maximum atomic E-state index is 12.4. The van der Waals surface area contributed by atoms with E-state index in [1.807, 2.05) is 48.7 Å². The van der Waals surface area contributed by atoms with Crippen molar-refractivity contribution < 1.29 is 4.79 Å². The van der Waals surface area contributed by atoms with Crippen LogP contribution in [-0.4, -0.2) is 50.1 Å². The molecule has 0 bridgehead atoms. The second-order valence-corrected chi connectivity index (χ2v) is 10.8. The lowest BCUT2D eigenvalue weighted by atomic mass is 9.86. The van der Waals surface area contributed by atoms with Crippen LogP contribution >= 0.6 is 34.8 Å². The van der Waals surface area contributed by atoms with Crippen LogP contribution in [-0.2, 0) is 4.79 Å². The molecular formula is C26H26Cl3N7O. The quantitative estimate of drug-likeness (QED) is 0.334. The Labute approximate surface area is 229 Å². The van der Waals surface area contributed by atoms with Crippen molar-refractivity contribution in [3.05, 3.63) is 63.9 Å². The molecule has 4 aromatic rings. The number of imidazole rings is 1. The molecule has 2 aromatic heterocycles. The highest BCUT2D eigenvalue weighted by Gasteiger charge is 2.41. The van der Waals surface area contributed by atoms with E-state index in [1.165, 1.54) is 6.33 Å². The van der Waals surface area contributed by atoms with E-state index in [4.69, 9.17) is 45.5 Å². The molecule has 0 radical (unpaired) electrons. The number of carbonyl (C=O) groups is 1. The summed E-state index contributed by atoms with van der Waals surface area (Å²) in [6, 6.07) is 12.9. The predicted molar refractivity (Wildman–Crippen MR) is 149 cm³/mol. The Bertz CT molecular complexity index is 1460. The van der Waals surface area contributed by atoms with Crippen molar-refractivity contribution in [2.24, 2.45) is 5.73 Å². The van der Waals surface area contributed by atoms with Crippen LogP contribution in [0.2, 0.25) is 15.1 Å². The van der Waals surface area contributed by atoms with Gasteiger partial charge in [0.05, 0.1) is 5.02 Å². The fourth-order valence-corrected chi connectivity index (χ4v) is 5.53. The molecule has 11 heteroatoms. The molecule has 0 aliphatic carbocycles. The molecule has 0 spiro atoms. The van der Waals surface area contributed by atoms with Gasteiger partial charge in [-0.2, -0.15) is 0 Å². The molecule has 0 unspecified atom stereocenters. The summed E-state index contributed by atoms with van der Waals surface area (Å²) in [5.74, 6) is 0.956. The van der Waals surface area contributed by atoms with Gasteiger partial charge in [0.1, 0.15) is 17.7 Å². The number of carbonyl (C=O) groups excluding carboxylic acids is 1. The number of rotatable bonds is 6. The Kier molecular flexibility index (Phi) is 7.02. The van der Waals surface area contributed by atoms with Gasteiger partial charge in [-0.05, 0) is 69.2 Å². The van der Waals surface area contributed by atoms with Crippen LogP contribution in [0.4, 0.5) is 5.82 Å². The number of nitrogens with one attached hydrogen (secondary N) is 1. The summed E-state index contributed by atoms with van der Waals surface area (Å²) in [7, 11) is 0. The first-order valence-electron chi connectivity index (χ1n) is 12.0. The van der Waals surface area contributed by atoms with Gasteiger partial charge in [-0.25, -0.2) is 15.0 Å². The largest absolute Gasteiger partial charge is 0.368 e. The van der Waals surface area contributed by atoms with Crippen molar-refractivity contribution in [1.29, 1.82) is 0 Å². The second kappa shape index (κ2) is 10.1. The highest BCUT2D eigenvalue weighted by Crippen LogP contribution is 2.37. The molecule has 1 fully saturated rings. The fourth-order valence-electron chi connectivity index (χ4n) is 4.91. The van der Waals surface area contributed by atoms with E-state index in [2.05, 4.69) is 20.2 Å². The molecule has 3 heterocycles. The Morgan fingerprint density at radius 3 is 2.32 bits per heavy atom. The number of fused-ring (bicyclic) bond motifs is 1. The molecule has 2 aromatic carbocycles. The summed E-state index contributed by atoms with van der Waals surface area (Å²) in [5.41, 5.74) is 7.85. The van der Waals surface area contributed by atoms with E-state index in [-0.39, 0.29) is 11.9 Å². The zero-order valence-corrected chi connectivity index (χ0v) is 22.6. The summed E-state index contributed by atoms with van der Waals surface area (Å²) in [4.78, 5) is 28.7. The SMILES string of the molecule is CC(C)NC1(C(N)=O)CCN(c2ncnc3c2nc(-c2ccc(Cl)cc2Cl)n3-c2ccc(Cl)cc2)CC1. The molecule has 1 amide bonds. The summed E-state index contributed by atoms with van der Waals surface area (Å²) in [6.45, 7) is 5.19. The summed E-state index contributed by atoms with van der Waals surface area (Å²) < 4.78 is 1.93. The zero-order valence-electron chi connectivity index (χ0n) is 20.4. The molecule has 1 aliphatic heterocycles. The minimum Gasteiger partial charge on any atom is -0.368 e. The molecule has 0 atom stereocenters. The average Bonchev–Trinajstić information content (AvgIpc) is 3.24. The third-order valence-corrected chi connectivity index (χ3v) is 7.43. The van der Waals surface area contributed by atoms with Crippen molar-refractivity contribution in [3.8, 4) is 17.1 Å². The Morgan fingerprint density at radius 1 is 1.03 bits per heavy atom. The maximum absolute atomic E-state index is 12.4. The molecule has 3 N–H and O–H groups in total. The number of nitrogens with zero attached hydrogens (tertiary/aromatic N) is 5. The summed E-state index contributed by atoms with van der Waals surface area (Å²) >= 11 is 18.9. The predicted octanol–water partition coefficient (Wildman–Crippen LogP) is 5.27. The minimum atomic E-state index is -0.749. The van der Waals surface area contributed by atoms with E-state index >= 15 is 0 Å². The van der Waals surface area contributed by atoms with Gasteiger partial charge in [0.25, 0.3) is 0 Å². The number of hydrogen-bond acceptors (Lipinski definition) is 6. The van der Waals surface area contributed by atoms with E-state index in [0.717, 1.165) is 5.69 Å². The summed E-state index contributed by atoms with van der Waals surface area (Å²) in [5, 5.41) is 5.01. The zero-order chi connectivity index (χ0) is 26.3. The van der Waals surface area contributed by atoms with Crippen LogP contribution in [0.3, 0.4) is 0 Å². The van der Waals surface area contributed by atoms with Crippen LogP contribution in [0.15, 0.2) is 48.8 Å². The maximum Gasteiger partial charge on any atom is 0.237 e. The van der Waals surface area contributed by atoms with Crippen molar-refractivity contribution in [3.63, 3.8) is 0 Å². The monoisotopic (exact) mass is 557 g/mol. The van der Waals surface area contributed by atoms with Gasteiger partial charge >= 0.3 is 0 Å². The topological polar surface area (TPSA) is 102 Å². The number of hydrogen-bond donors (Lipinski definition) is 2. The van der Waals surface area contributed by atoms with Gasteiger partial charge in [0.15, 0.2) is 17.0 Å². The lowest BCUT2D eigenvalue weighted by Crippen LogP contribution is -2.62. The van der Waals surface area contributed by atoms with Gasteiger partial charge < -0.3 is 16.0 Å². The van der Waals surface area contributed by atoms with Crippen molar-refractivity contribution >= 4 is 57.7 Å². The van der Waals surface area contributed by atoms with Crippen LogP contribution in [0.25, 0.3) is 28.2 Å². The summed E-state index contributed by atoms with van der Waals surface area (Å²) in [6.07, 6.45) is 2.64. The van der Waals surface area contributed by atoms with Crippen molar-refractivity contribution in [2.45, 2.75) is 38.3 Å². The molecule has 192 valence electrons. The molecule has 5 rings (SSSR count). The molecule has 1 aliphatic rings. The first-order valence-corrected chi connectivity index (χ1v) is 13.1. The highest BCUT2D eigenvalue weighted by atomic mass is 35.5. The van der Waals surface area contributed by atoms with Crippen molar-refractivity contribution in [2.75, 3.05) is 18.0 Å². The Balaban J connectivity index is 1.62. The lowest BCUT2D eigenvalue weighted by Gasteiger charge is -2.41. The number of benzene rings is 2. The smallest absolute Gasteiger partial charge is 0.237 e. The van der Waals surface area contributed by atoms with Gasteiger partial charge in [0.2, 0.25) is 5.91 Å². The van der Waals surface area contributed by atoms with Crippen LogP contribution < -0.4 is 16.0 Å². The van der Waals surface area contributed by atoms with Gasteiger partial charge in [-0.15, -0.1) is 0 Å². The van der Waals surface area contributed by atoms with Crippen LogP contribution in [0.5, 0.6) is 0 Å². The van der Waals surface area contributed by atoms with E-state index < -0.39 is 5.54 Å². The average molecular weight is 559 g/mol. The second-order valence-electron chi connectivity index (χ2n) is 9.47. The third-order valence-electron chi connectivity index (χ3n) is 6.63. The van der Waals surface area contributed by atoms with E-state index in [0.29, 0.717) is 69.4 Å². The normalized spacial score (nSPS) is 15.5. The van der Waals surface area contributed by atoms with Crippen molar-refractivity contribution in [1.82, 2.24) is 24.8 Å². The first-order chi connectivity index (χ1) is 17.7. The Morgan fingerprint density at radius 2 is 1.70 bits per heavy atom. The number of amides is 1. The standard InChI is InChI=1S/C26H26Cl3N7O/c1-15(2)34-26(25(30)37)9-11-35(12-10-26)23-21-24(32-14-31-23)36(18-6-3-16(27)4-7-18)22(33-21)19-8-5-17(28)13-20(19)29/h3-8,13-15,34H,9-12H2,1-2H3,(H2,30,37). The van der Waals surface area contributed by atoms with Gasteiger partial charge in [0, 0.05) is 40.4 Å². The highest BCUT2D eigenvalue weighted by molar-refractivity contribution is 6.36. The number of halogens is 3. The third kappa shape index (κ3) is 4.86. The Hall–Kier alpha value is -2.91. The van der Waals surface area contributed by atoms with Gasteiger partial charge in [-0.1, -0.05) is 34.8 Å². The van der Waals surface area contributed by atoms with Crippen LogP contribution in [0, 0.1) is 0 Å². The molecular weight excluding hydrogens is 533 g/mol. The minimum absolute atomic E-state index is 0.131. The fraction of sp³-hybridized carbons (Fsp3) is 0.308. The number of aromatic nitrogens is 4. The lowest BCUT2D eigenvalue weighted by molar-refractivity contribution is -0.125. The van der Waals surface area contributed by atoms with Gasteiger partial charge in [-0.3, -0.25) is 9.36 Å². The molecule has 0 saturated carbocycles. The van der Waals surface area contributed by atoms with Crippen LogP contribution in [0.1, 0.15) is 26.7 Å². The number of anilines is 1. The molecule has 1 saturated heterocycles. The first kappa shape index (κ1) is 25.7. The number of piperidine rings is 1. The van der Waals surface area contributed by atoms with E-state index in [9.17, 15) is 4.79 Å². The number of primary amides is 1. The molecule has 8 nitrogen and oxygen atoms in total.